The second-order valence-electron chi connectivity index (χ2n) is 7.99. The lowest BCUT2D eigenvalue weighted by molar-refractivity contribution is -0.121. The molecule has 0 unspecified atom stereocenters. The molecule has 164 valence electrons. The van der Waals surface area contributed by atoms with Gasteiger partial charge in [-0.1, -0.05) is 56.3 Å². The number of nitrogens with one attached hydrogen (secondary N) is 1. The molecule has 0 aliphatic carbocycles. The molecule has 0 radical (unpaired) electrons. The number of para-hydroxylation sites is 1. The first kappa shape index (κ1) is 22.0. The lowest BCUT2D eigenvalue weighted by Gasteiger charge is -2.19. The molecule has 0 bridgehead atoms. The van der Waals surface area contributed by atoms with Crippen molar-refractivity contribution in [3.8, 4) is 0 Å². The minimum Gasteiger partial charge on any atom is -0.344 e. The van der Waals surface area contributed by atoms with Gasteiger partial charge in [0.05, 0.1) is 24.3 Å². The number of fused-ring (bicyclic) bond motifs is 1. The molecule has 32 heavy (non-hydrogen) atoms. The number of hydrogen-bond acceptors (Lipinski definition) is 4. The van der Waals surface area contributed by atoms with Crippen molar-refractivity contribution in [2.45, 2.75) is 45.2 Å². The Labute approximate surface area is 191 Å². The van der Waals surface area contributed by atoms with E-state index in [1.165, 1.54) is 11.8 Å². The van der Waals surface area contributed by atoms with Gasteiger partial charge in [0.2, 0.25) is 11.3 Å². The van der Waals surface area contributed by atoms with Gasteiger partial charge in [0.15, 0.2) is 0 Å². The zero-order valence-electron chi connectivity index (χ0n) is 18.3. The van der Waals surface area contributed by atoms with Crippen molar-refractivity contribution in [1.29, 1.82) is 0 Å². The number of aryl methyl sites for hydroxylation is 1. The van der Waals surface area contributed by atoms with E-state index in [1.807, 2.05) is 29.6 Å². The molecule has 0 aliphatic rings. The van der Waals surface area contributed by atoms with E-state index in [-0.39, 0.29) is 23.8 Å². The summed E-state index contributed by atoms with van der Waals surface area (Å²) in [7, 11) is 0. The maximum absolute atomic E-state index is 12.9. The molecule has 2 aromatic carbocycles. The number of carbonyl (C=O) groups excluding carboxylic acids is 1. The number of nitrogens with zero attached hydrogens (tertiary/aromatic N) is 2. The maximum Gasteiger partial charge on any atom is 0.222 e. The Morgan fingerprint density at radius 1 is 1.06 bits per heavy atom. The van der Waals surface area contributed by atoms with E-state index in [2.05, 4.69) is 54.6 Å². The van der Waals surface area contributed by atoms with E-state index < -0.39 is 0 Å². The van der Waals surface area contributed by atoms with Crippen molar-refractivity contribution >= 4 is 28.1 Å². The number of benzene rings is 2. The number of carbonyl (C=O) groups is 1. The highest BCUT2D eigenvalue weighted by Crippen LogP contribution is 2.28. The van der Waals surface area contributed by atoms with E-state index in [4.69, 9.17) is 0 Å². The molecule has 0 aliphatic heterocycles. The molecule has 0 saturated heterocycles. The number of thiophene rings is 1. The van der Waals surface area contributed by atoms with Crippen molar-refractivity contribution in [1.82, 2.24) is 15.1 Å². The molecule has 2 aromatic heterocycles. The standard InChI is InChI=1S/C26H27N3O2S/c1-3-18(2)19-10-12-20(13-11-19)26(24-9-6-16-32-24)28-25(31)14-15-29-22-8-5-4-7-21(22)23(30)17-27-29/h4-13,16-18,26H,3,14-15H2,1-2H3,(H,28,31)/t18-,26-/m1/s1. The van der Waals surface area contributed by atoms with Crippen molar-refractivity contribution < 1.29 is 4.79 Å². The molecule has 6 heteroatoms. The highest BCUT2D eigenvalue weighted by Gasteiger charge is 2.18. The molecular formula is C26H27N3O2S. The highest BCUT2D eigenvalue weighted by molar-refractivity contribution is 7.10. The topological polar surface area (TPSA) is 64.0 Å². The van der Waals surface area contributed by atoms with Crippen LogP contribution in [0.25, 0.3) is 10.9 Å². The first-order valence-corrected chi connectivity index (χ1v) is 11.8. The zero-order chi connectivity index (χ0) is 22.5. The predicted molar refractivity (Wildman–Crippen MR) is 130 cm³/mol. The number of hydrogen-bond donors (Lipinski definition) is 1. The molecule has 4 rings (SSSR count). The van der Waals surface area contributed by atoms with E-state index in [0.717, 1.165) is 22.4 Å². The third kappa shape index (κ3) is 4.81. The van der Waals surface area contributed by atoms with Crippen molar-refractivity contribution in [3.05, 3.63) is 98.5 Å². The Morgan fingerprint density at radius 3 is 2.53 bits per heavy atom. The summed E-state index contributed by atoms with van der Waals surface area (Å²) < 4.78 is 1.72. The molecule has 2 atom stereocenters. The smallest absolute Gasteiger partial charge is 0.222 e. The van der Waals surface area contributed by atoms with Crippen LogP contribution in [0.5, 0.6) is 0 Å². The second-order valence-corrected chi connectivity index (χ2v) is 8.97. The van der Waals surface area contributed by atoms with Gasteiger partial charge in [-0.3, -0.25) is 14.3 Å². The largest absolute Gasteiger partial charge is 0.344 e. The minimum absolute atomic E-state index is 0.0565. The van der Waals surface area contributed by atoms with Crippen LogP contribution >= 0.6 is 11.3 Å². The van der Waals surface area contributed by atoms with E-state index in [9.17, 15) is 9.59 Å². The third-order valence-corrected chi connectivity index (χ3v) is 6.83. The lowest BCUT2D eigenvalue weighted by atomic mass is 9.95. The monoisotopic (exact) mass is 445 g/mol. The molecule has 5 nitrogen and oxygen atoms in total. The van der Waals surface area contributed by atoms with Gasteiger partial charge in [-0.2, -0.15) is 5.10 Å². The normalized spacial score (nSPS) is 13.1. The zero-order valence-corrected chi connectivity index (χ0v) is 19.1. The molecule has 0 fully saturated rings. The predicted octanol–water partition coefficient (Wildman–Crippen LogP) is 5.27. The molecular weight excluding hydrogens is 418 g/mol. The van der Waals surface area contributed by atoms with Gasteiger partial charge in [0.25, 0.3) is 0 Å². The van der Waals surface area contributed by atoms with E-state index >= 15 is 0 Å². The van der Waals surface area contributed by atoms with Crippen LogP contribution in [-0.4, -0.2) is 15.7 Å². The van der Waals surface area contributed by atoms with Gasteiger partial charge in [0, 0.05) is 16.7 Å². The summed E-state index contributed by atoms with van der Waals surface area (Å²) in [5.41, 5.74) is 3.01. The molecule has 1 amide bonds. The van der Waals surface area contributed by atoms with Gasteiger partial charge < -0.3 is 5.32 Å². The summed E-state index contributed by atoms with van der Waals surface area (Å²) >= 11 is 1.63. The maximum atomic E-state index is 12.9. The Morgan fingerprint density at radius 2 is 1.81 bits per heavy atom. The fourth-order valence-electron chi connectivity index (χ4n) is 3.81. The molecule has 2 heterocycles. The van der Waals surface area contributed by atoms with Crippen molar-refractivity contribution in [3.63, 3.8) is 0 Å². The van der Waals surface area contributed by atoms with Crippen LogP contribution in [0, 0.1) is 0 Å². The molecule has 1 N–H and O–H groups in total. The number of rotatable bonds is 8. The summed E-state index contributed by atoms with van der Waals surface area (Å²) in [5, 5.41) is 10.1. The Hall–Kier alpha value is -3.25. The number of amides is 1. The summed E-state index contributed by atoms with van der Waals surface area (Å²) in [4.78, 5) is 26.0. The first-order valence-electron chi connectivity index (χ1n) is 10.9. The lowest BCUT2D eigenvalue weighted by Crippen LogP contribution is -2.30. The molecule has 0 spiro atoms. The summed E-state index contributed by atoms with van der Waals surface area (Å²) in [6.07, 6.45) is 2.68. The molecule has 0 saturated carbocycles. The fraction of sp³-hybridized carbons (Fsp3) is 0.269. The second kappa shape index (κ2) is 9.92. The third-order valence-electron chi connectivity index (χ3n) is 5.90. The summed E-state index contributed by atoms with van der Waals surface area (Å²) in [6, 6.07) is 19.8. The van der Waals surface area contributed by atoms with E-state index in [1.54, 1.807) is 22.1 Å². The minimum atomic E-state index is -0.188. The van der Waals surface area contributed by atoms with Gasteiger partial charge in [-0.05, 0) is 47.0 Å². The van der Waals surface area contributed by atoms with Crippen molar-refractivity contribution in [2.24, 2.45) is 0 Å². The summed E-state index contributed by atoms with van der Waals surface area (Å²) in [6.45, 7) is 4.81. The average Bonchev–Trinajstić information content (AvgIpc) is 3.37. The Kier molecular flexibility index (Phi) is 6.81. The van der Waals surface area contributed by atoms with Crippen LogP contribution < -0.4 is 10.7 Å². The fourth-order valence-corrected chi connectivity index (χ4v) is 4.61. The van der Waals surface area contributed by atoms with Crippen molar-refractivity contribution in [2.75, 3.05) is 0 Å². The van der Waals surface area contributed by atoms with Crippen LogP contribution in [0.2, 0.25) is 0 Å². The SMILES string of the molecule is CC[C@@H](C)c1ccc([C@@H](NC(=O)CCn2ncc(=O)c3ccccc32)c2cccs2)cc1. The number of aromatic nitrogens is 2. The first-order chi connectivity index (χ1) is 15.6. The summed E-state index contributed by atoms with van der Waals surface area (Å²) in [5.74, 6) is 0.456. The quantitative estimate of drug-likeness (QED) is 0.402. The van der Waals surface area contributed by atoms with Crippen LogP contribution in [-0.2, 0) is 11.3 Å². The van der Waals surface area contributed by atoms with Gasteiger partial charge in [-0.25, -0.2) is 0 Å². The van der Waals surface area contributed by atoms with E-state index in [0.29, 0.717) is 17.8 Å². The van der Waals surface area contributed by atoms with Crippen LogP contribution in [0.15, 0.2) is 77.0 Å². The highest BCUT2D eigenvalue weighted by atomic mass is 32.1. The van der Waals surface area contributed by atoms with Crippen LogP contribution in [0.4, 0.5) is 0 Å². The Balaban J connectivity index is 1.50. The van der Waals surface area contributed by atoms with Gasteiger partial charge >= 0.3 is 0 Å². The molecule has 4 aromatic rings. The van der Waals surface area contributed by atoms with Gasteiger partial charge in [-0.15, -0.1) is 11.3 Å². The van der Waals surface area contributed by atoms with Crippen LogP contribution in [0.1, 0.15) is 54.7 Å². The van der Waals surface area contributed by atoms with Crippen LogP contribution in [0.3, 0.4) is 0 Å². The van der Waals surface area contributed by atoms with Gasteiger partial charge in [0.1, 0.15) is 0 Å². The Bertz CT molecular complexity index is 1250. The average molecular weight is 446 g/mol.